The lowest BCUT2D eigenvalue weighted by Crippen LogP contribution is -2.27. The first kappa shape index (κ1) is 17.4. The molecule has 1 amide bonds. The van der Waals surface area contributed by atoms with Crippen LogP contribution in [0.4, 0.5) is 0 Å². The second kappa shape index (κ2) is 7.54. The lowest BCUT2D eigenvalue weighted by Gasteiger charge is -2.21. The van der Waals surface area contributed by atoms with Crippen molar-refractivity contribution in [3.63, 3.8) is 0 Å². The zero-order chi connectivity index (χ0) is 17.7. The van der Waals surface area contributed by atoms with Crippen molar-refractivity contribution in [2.24, 2.45) is 0 Å². The predicted molar refractivity (Wildman–Crippen MR) is 89.0 cm³/mol. The zero-order valence-corrected chi connectivity index (χ0v) is 14.1. The molecule has 1 heterocycles. The van der Waals surface area contributed by atoms with E-state index in [0.717, 1.165) is 5.56 Å². The number of rotatable bonds is 6. The second-order valence-corrected chi connectivity index (χ2v) is 5.10. The van der Waals surface area contributed by atoms with Gasteiger partial charge in [0.2, 0.25) is 11.3 Å². The summed E-state index contributed by atoms with van der Waals surface area (Å²) in [7, 11) is 6.27. The van der Waals surface area contributed by atoms with Gasteiger partial charge >= 0.3 is 0 Å². The van der Waals surface area contributed by atoms with Crippen LogP contribution in [0.15, 0.2) is 35.3 Å². The highest BCUT2D eigenvalue weighted by molar-refractivity contribution is 5.93. The molecule has 0 unspecified atom stereocenters. The summed E-state index contributed by atoms with van der Waals surface area (Å²) >= 11 is 0. The Labute approximate surface area is 139 Å². The monoisotopic (exact) mass is 332 g/mol. The average molecular weight is 332 g/mol. The van der Waals surface area contributed by atoms with Crippen LogP contribution in [0, 0.1) is 0 Å². The molecule has 0 atom stereocenters. The van der Waals surface area contributed by atoms with Crippen LogP contribution in [0.3, 0.4) is 0 Å². The number of methoxy groups -OCH3 is 3. The molecule has 1 N–H and O–H groups in total. The highest BCUT2D eigenvalue weighted by atomic mass is 16.5. The van der Waals surface area contributed by atoms with E-state index in [1.807, 2.05) is 6.07 Å². The van der Waals surface area contributed by atoms with Gasteiger partial charge in [-0.1, -0.05) is 0 Å². The lowest BCUT2D eigenvalue weighted by molar-refractivity contribution is 0.0783. The molecule has 24 heavy (non-hydrogen) atoms. The molecule has 0 radical (unpaired) electrons. The van der Waals surface area contributed by atoms with E-state index in [0.29, 0.717) is 29.4 Å². The molecule has 0 spiro atoms. The van der Waals surface area contributed by atoms with Gasteiger partial charge in [0.1, 0.15) is 0 Å². The van der Waals surface area contributed by atoms with E-state index >= 15 is 0 Å². The summed E-state index contributed by atoms with van der Waals surface area (Å²) in [5.41, 5.74) is 0.919. The van der Waals surface area contributed by atoms with Crippen molar-refractivity contribution in [2.75, 3.05) is 28.4 Å². The molecule has 2 aromatic rings. The van der Waals surface area contributed by atoms with Crippen LogP contribution in [0.25, 0.3) is 0 Å². The van der Waals surface area contributed by atoms with Crippen molar-refractivity contribution in [3.8, 4) is 17.2 Å². The van der Waals surface area contributed by atoms with Gasteiger partial charge in [0.25, 0.3) is 5.91 Å². The summed E-state index contributed by atoms with van der Waals surface area (Å²) in [6, 6.07) is 6.38. The molecular formula is C17H20N2O5. The normalized spacial score (nSPS) is 10.2. The molecule has 7 heteroatoms. The van der Waals surface area contributed by atoms with E-state index in [1.165, 1.54) is 37.4 Å². The highest BCUT2D eigenvalue weighted by Gasteiger charge is 2.19. The van der Waals surface area contributed by atoms with Gasteiger partial charge in [0, 0.05) is 31.4 Å². The van der Waals surface area contributed by atoms with Gasteiger partial charge in [-0.25, -0.2) is 0 Å². The van der Waals surface area contributed by atoms with Gasteiger partial charge in [0.15, 0.2) is 11.5 Å². The Morgan fingerprint density at radius 3 is 2.29 bits per heavy atom. The Bertz CT molecular complexity index is 765. The number of pyridine rings is 1. The summed E-state index contributed by atoms with van der Waals surface area (Å²) in [5, 5.41) is 0. The van der Waals surface area contributed by atoms with Gasteiger partial charge in [-0.2, -0.15) is 0 Å². The van der Waals surface area contributed by atoms with Gasteiger partial charge in [0.05, 0.1) is 26.9 Å². The number of amides is 1. The number of hydrogen-bond acceptors (Lipinski definition) is 5. The van der Waals surface area contributed by atoms with Crippen LogP contribution in [-0.2, 0) is 6.54 Å². The quantitative estimate of drug-likeness (QED) is 0.870. The Balaban J connectivity index is 2.28. The van der Waals surface area contributed by atoms with E-state index in [1.54, 1.807) is 20.2 Å². The van der Waals surface area contributed by atoms with Crippen molar-refractivity contribution >= 4 is 5.91 Å². The number of nitrogens with zero attached hydrogens (tertiary/aromatic N) is 1. The maximum Gasteiger partial charge on any atom is 0.255 e. The Morgan fingerprint density at radius 1 is 1.04 bits per heavy atom. The summed E-state index contributed by atoms with van der Waals surface area (Å²) in [6.45, 7) is 0.307. The SMILES string of the molecule is COc1ccc(CN(C)C(=O)c2ccc(=O)[nH]c2)c(OC)c1OC. The number of hydrogen-bond donors (Lipinski definition) is 1. The smallest absolute Gasteiger partial charge is 0.255 e. The molecule has 0 aliphatic carbocycles. The Hall–Kier alpha value is -2.96. The first-order valence-corrected chi connectivity index (χ1v) is 7.23. The third kappa shape index (κ3) is 3.51. The molecule has 7 nitrogen and oxygen atoms in total. The number of aromatic amines is 1. The third-order valence-corrected chi connectivity index (χ3v) is 3.57. The van der Waals surface area contributed by atoms with Crippen LogP contribution in [0.2, 0.25) is 0 Å². The van der Waals surface area contributed by atoms with E-state index in [-0.39, 0.29) is 11.5 Å². The van der Waals surface area contributed by atoms with Gasteiger partial charge in [-0.15, -0.1) is 0 Å². The molecule has 2 rings (SSSR count). The van der Waals surface area contributed by atoms with Crippen LogP contribution in [0.1, 0.15) is 15.9 Å². The Morgan fingerprint density at radius 2 is 1.75 bits per heavy atom. The number of carbonyl (C=O) groups is 1. The fourth-order valence-corrected chi connectivity index (χ4v) is 2.38. The minimum atomic E-state index is -0.254. The third-order valence-electron chi connectivity index (χ3n) is 3.57. The molecule has 128 valence electrons. The average Bonchev–Trinajstić information content (AvgIpc) is 2.61. The van der Waals surface area contributed by atoms with Crippen LogP contribution < -0.4 is 19.8 Å². The van der Waals surface area contributed by atoms with E-state index in [9.17, 15) is 9.59 Å². The van der Waals surface area contributed by atoms with E-state index < -0.39 is 0 Å². The maximum atomic E-state index is 12.4. The predicted octanol–water partition coefficient (Wildman–Crippen LogP) is 1.67. The van der Waals surface area contributed by atoms with Crippen LogP contribution in [-0.4, -0.2) is 44.2 Å². The second-order valence-electron chi connectivity index (χ2n) is 5.10. The van der Waals surface area contributed by atoms with Crippen LogP contribution >= 0.6 is 0 Å². The fraction of sp³-hybridized carbons (Fsp3) is 0.294. The number of H-pyrrole nitrogens is 1. The number of nitrogens with one attached hydrogen (secondary N) is 1. The number of carbonyl (C=O) groups excluding carboxylic acids is 1. The molecule has 0 saturated carbocycles. The van der Waals surface area contributed by atoms with Crippen molar-refractivity contribution in [1.29, 1.82) is 0 Å². The van der Waals surface area contributed by atoms with Gasteiger partial charge in [-0.3, -0.25) is 9.59 Å². The first-order valence-electron chi connectivity index (χ1n) is 7.23. The van der Waals surface area contributed by atoms with Crippen molar-refractivity contribution in [3.05, 3.63) is 51.9 Å². The van der Waals surface area contributed by atoms with Gasteiger partial charge < -0.3 is 24.1 Å². The molecule has 0 aliphatic heterocycles. The molecule has 0 fully saturated rings. The minimum Gasteiger partial charge on any atom is -0.493 e. The number of aromatic nitrogens is 1. The summed E-state index contributed by atoms with van der Waals surface area (Å²) in [4.78, 5) is 27.6. The highest BCUT2D eigenvalue weighted by Crippen LogP contribution is 2.40. The van der Waals surface area contributed by atoms with Gasteiger partial charge in [-0.05, 0) is 18.2 Å². The summed E-state index contributed by atoms with van der Waals surface area (Å²) in [5.74, 6) is 1.32. The number of ether oxygens (including phenoxy) is 3. The molecule has 0 aliphatic rings. The molecule has 0 saturated heterocycles. The van der Waals surface area contributed by atoms with Crippen molar-refractivity contribution in [1.82, 2.24) is 9.88 Å². The molecule has 1 aromatic heterocycles. The topological polar surface area (TPSA) is 80.9 Å². The largest absolute Gasteiger partial charge is 0.493 e. The standard InChI is InChI=1S/C17H20N2O5/c1-19(17(21)11-6-8-14(20)18-9-11)10-12-5-7-13(22-2)16(24-4)15(12)23-3/h5-9H,10H2,1-4H3,(H,18,20). The first-order chi connectivity index (χ1) is 11.5. The minimum absolute atomic E-state index is 0.219. The summed E-state index contributed by atoms with van der Waals surface area (Å²) in [6.07, 6.45) is 1.40. The molecular weight excluding hydrogens is 312 g/mol. The van der Waals surface area contributed by atoms with Crippen molar-refractivity contribution < 1.29 is 19.0 Å². The van der Waals surface area contributed by atoms with E-state index in [4.69, 9.17) is 14.2 Å². The van der Waals surface area contributed by atoms with Crippen LogP contribution in [0.5, 0.6) is 17.2 Å². The zero-order valence-electron chi connectivity index (χ0n) is 14.1. The Kier molecular flexibility index (Phi) is 5.47. The van der Waals surface area contributed by atoms with E-state index in [2.05, 4.69) is 4.98 Å². The summed E-state index contributed by atoms with van der Waals surface area (Å²) < 4.78 is 16.0. The lowest BCUT2D eigenvalue weighted by atomic mass is 10.1. The number of benzene rings is 1. The molecule has 0 bridgehead atoms. The molecule has 1 aromatic carbocycles. The fourth-order valence-electron chi connectivity index (χ4n) is 2.38. The van der Waals surface area contributed by atoms with Crippen molar-refractivity contribution in [2.45, 2.75) is 6.54 Å². The maximum absolute atomic E-state index is 12.4.